The molecule has 0 aliphatic rings. The normalized spacial score (nSPS) is 14.5. The van der Waals surface area contributed by atoms with Gasteiger partial charge in [-0.05, 0) is 19.4 Å². The van der Waals surface area contributed by atoms with Crippen molar-refractivity contribution in [2.24, 2.45) is 0 Å². The van der Waals surface area contributed by atoms with Gasteiger partial charge in [0.15, 0.2) is 0 Å². The van der Waals surface area contributed by atoms with Crippen LogP contribution in [0, 0.1) is 0 Å². The SMILES string of the molecule is CCOc1ccccc1C(O)C(O)CCBr. The van der Waals surface area contributed by atoms with Crippen molar-refractivity contribution in [2.45, 2.75) is 25.6 Å². The highest BCUT2D eigenvalue weighted by Gasteiger charge is 2.20. The molecule has 0 aromatic heterocycles. The second-order valence-corrected chi connectivity index (χ2v) is 4.25. The number of para-hydroxylation sites is 1. The highest BCUT2D eigenvalue weighted by molar-refractivity contribution is 9.09. The van der Waals surface area contributed by atoms with Gasteiger partial charge in [-0.2, -0.15) is 0 Å². The van der Waals surface area contributed by atoms with Crippen LogP contribution in [0.2, 0.25) is 0 Å². The third-order valence-electron chi connectivity index (χ3n) is 2.31. The molecule has 1 aromatic carbocycles. The third-order valence-corrected chi connectivity index (χ3v) is 2.76. The number of aliphatic hydroxyl groups is 2. The summed E-state index contributed by atoms with van der Waals surface area (Å²) < 4.78 is 5.40. The summed E-state index contributed by atoms with van der Waals surface area (Å²) in [7, 11) is 0. The van der Waals surface area contributed by atoms with E-state index in [-0.39, 0.29) is 0 Å². The van der Waals surface area contributed by atoms with Crippen LogP contribution in [0.3, 0.4) is 0 Å². The van der Waals surface area contributed by atoms with Crippen LogP contribution in [0.1, 0.15) is 25.0 Å². The van der Waals surface area contributed by atoms with E-state index in [0.717, 1.165) is 0 Å². The van der Waals surface area contributed by atoms with E-state index in [9.17, 15) is 10.2 Å². The zero-order valence-corrected chi connectivity index (χ0v) is 10.9. The molecule has 0 fully saturated rings. The minimum Gasteiger partial charge on any atom is -0.493 e. The first-order chi connectivity index (χ1) is 7.70. The fourth-order valence-electron chi connectivity index (χ4n) is 1.49. The first kappa shape index (κ1) is 13.5. The molecule has 3 nitrogen and oxygen atoms in total. The highest BCUT2D eigenvalue weighted by Crippen LogP contribution is 2.28. The molecule has 0 heterocycles. The minimum atomic E-state index is -0.903. The smallest absolute Gasteiger partial charge is 0.125 e. The Kier molecular flexibility index (Phi) is 5.80. The quantitative estimate of drug-likeness (QED) is 0.790. The van der Waals surface area contributed by atoms with Crippen LogP contribution >= 0.6 is 15.9 Å². The number of halogens is 1. The van der Waals surface area contributed by atoms with E-state index < -0.39 is 12.2 Å². The van der Waals surface area contributed by atoms with Gasteiger partial charge in [0.25, 0.3) is 0 Å². The van der Waals surface area contributed by atoms with Gasteiger partial charge in [-0.25, -0.2) is 0 Å². The lowest BCUT2D eigenvalue weighted by Crippen LogP contribution is -2.19. The van der Waals surface area contributed by atoms with Crippen LogP contribution in [-0.4, -0.2) is 28.3 Å². The molecule has 1 rings (SSSR count). The Morgan fingerprint density at radius 3 is 2.62 bits per heavy atom. The predicted octanol–water partition coefficient (Wildman–Crippen LogP) is 2.26. The molecule has 0 aliphatic heterocycles. The van der Waals surface area contributed by atoms with Gasteiger partial charge < -0.3 is 14.9 Å². The van der Waals surface area contributed by atoms with Crippen molar-refractivity contribution in [3.63, 3.8) is 0 Å². The van der Waals surface area contributed by atoms with Gasteiger partial charge in [0.1, 0.15) is 11.9 Å². The van der Waals surface area contributed by atoms with Crippen molar-refractivity contribution >= 4 is 15.9 Å². The lowest BCUT2D eigenvalue weighted by molar-refractivity contribution is 0.0157. The van der Waals surface area contributed by atoms with Crippen LogP contribution in [0.15, 0.2) is 24.3 Å². The fourth-order valence-corrected chi connectivity index (χ4v) is 1.96. The molecule has 0 radical (unpaired) electrons. The van der Waals surface area contributed by atoms with Gasteiger partial charge in [0.2, 0.25) is 0 Å². The van der Waals surface area contributed by atoms with E-state index in [1.807, 2.05) is 19.1 Å². The van der Waals surface area contributed by atoms with Crippen molar-refractivity contribution in [3.05, 3.63) is 29.8 Å². The van der Waals surface area contributed by atoms with Crippen LogP contribution in [0.4, 0.5) is 0 Å². The molecule has 0 amide bonds. The molecule has 2 atom stereocenters. The Morgan fingerprint density at radius 2 is 2.00 bits per heavy atom. The Bertz CT molecular complexity index is 317. The summed E-state index contributed by atoms with van der Waals surface area (Å²) in [4.78, 5) is 0. The van der Waals surface area contributed by atoms with Gasteiger partial charge >= 0.3 is 0 Å². The molecule has 2 unspecified atom stereocenters. The molecule has 16 heavy (non-hydrogen) atoms. The van der Waals surface area contributed by atoms with Gasteiger partial charge in [-0.3, -0.25) is 0 Å². The molecule has 0 spiro atoms. The average molecular weight is 289 g/mol. The van der Waals surface area contributed by atoms with E-state index in [2.05, 4.69) is 15.9 Å². The Morgan fingerprint density at radius 1 is 1.31 bits per heavy atom. The van der Waals surface area contributed by atoms with Gasteiger partial charge in [-0.15, -0.1) is 0 Å². The van der Waals surface area contributed by atoms with Crippen LogP contribution < -0.4 is 4.74 Å². The van der Waals surface area contributed by atoms with E-state index >= 15 is 0 Å². The third kappa shape index (κ3) is 3.47. The lowest BCUT2D eigenvalue weighted by atomic mass is 10.0. The van der Waals surface area contributed by atoms with E-state index in [4.69, 9.17) is 4.74 Å². The fraction of sp³-hybridized carbons (Fsp3) is 0.500. The van der Waals surface area contributed by atoms with Crippen molar-refractivity contribution in [3.8, 4) is 5.75 Å². The topological polar surface area (TPSA) is 49.7 Å². The zero-order valence-electron chi connectivity index (χ0n) is 9.27. The molecule has 0 saturated carbocycles. The van der Waals surface area contributed by atoms with Crippen molar-refractivity contribution < 1.29 is 14.9 Å². The summed E-state index contributed by atoms with van der Waals surface area (Å²) in [5.74, 6) is 0.631. The largest absolute Gasteiger partial charge is 0.493 e. The number of alkyl halides is 1. The van der Waals surface area contributed by atoms with Crippen molar-refractivity contribution in [2.75, 3.05) is 11.9 Å². The lowest BCUT2D eigenvalue weighted by Gasteiger charge is -2.19. The minimum absolute atomic E-state index is 0.502. The maximum absolute atomic E-state index is 9.98. The monoisotopic (exact) mass is 288 g/mol. The van der Waals surface area contributed by atoms with Crippen LogP contribution in [0.5, 0.6) is 5.75 Å². The zero-order chi connectivity index (χ0) is 12.0. The molecule has 0 bridgehead atoms. The second-order valence-electron chi connectivity index (χ2n) is 3.46. The summed E-state index contributed by atoms with van der Waals surface area (Å²) in [6, 6.07) is 7.23. The summed E-state index contributed by atoms with van der Waals surface area (Å²) in [6.45, 7) is 2.43. The molecular formula is C12H17BrO3. The molecular weight excluding hydrogens is 272 g/mol. The molecule has 0 saturated heterocycles. The summed E-state index contributed by atoms with van der Waals surface area (Å²) in [6.07, 6.45) is -1.18. The number of aliphatic hydroxyl groups excluding tert-OH is 2. The predicted molar refractivity (Wildman–Crippen MR) is 67.0 cm³/mol. The molecule has 1 aromatic rings. The van der Waals surface area contributed by atoms with Gasteiger partial charge in [-0.1, -0.05) is 34.1 Å². The molecule has 4 heteroatoms. The second kappa shape index (κ2) is 6.89. The molecule has 90 valence electrons. The molecule has 0 aliphatic carbocycles. The number of benzene rings is 1. The summed E-state index contributed by atoms with van der Waals surface area (Å²) >= 11 is 3.24. The average Bonchev–Trinajstić information content (AvgIpc) is 2.29. The number of ether oxygens (including phenoxy) is 1. The van der Waals surface area contributed by atoms with E-state index in [1.54, 1.807) is 12.1 Å². The first-order valence-electron chi connectivity index (χ1n) is 5.34. The summed E-state index contributed by atoms with van der Waals surface area (Å²) in [5, 5.41) is 20.4. The van der Waals surface area contributed by atoms with Crippen LogP contribution in [0.25, 0.3) is 0 Å². The maximum atomic E-state index is 9.98. The van der Waals surface area contributed by atoms with Crippen LogP contribution in [-0.2, 0) is 0 Å². The van der Waals surface area contributed by atoms with Crippen molar-refractivity contribution in [1.82, 2.24) is 0 Å². The first-order valence-corrected chi connectivity index (χ1v) is 6.46. The Labute approximate surface area is 104 Å². The molecule has 2 N–H and O–H groups in total. The number of rotatable bonds is 6. The Hall–Kier alpha value is -0.580. The van der Waals surface area contributed by atoms with E-state index in [1.165, 1.54) is 0 Å². The standard InChI is InChI=1S/C12H17BrO3/c1-2-16-11-6-4-3-5-9(11)12(15)10(14)7-8-13/h3-6,10,12,14-15H,2,7-8H2,1H3. The van der Waals surface area contributed by atoms with Gasteiger partial charge in [0, 0.05) is 10.9 Å². The van der Waals surface area contributed by atoms with E-state index in [0.29, 0.717) is 29.7 Å². The maximum Gasteiger partial charge on any atom is 0.125 e. The highest BCUT2D eigenvalue weighted by atomic mass is 79.9. The van der Waals surface area contributed by atoms with Crippen molar-refractivity contribution in [1.29, 1.82) is 0 Å². The number of hydrogen-bond acceptors (Lipinski definition) is 3. The Balaban J connectivity index is 2.84. The summed E-state index contributed by atoms with van der Waals surface area (Å²) in [5.41, 5.74) is 0.637. The van der Waals surface area contributed by atoms with Gasteiger partial charge in [0.05, 0.1) is 12.7 Å². The number of hydrogen-bond donors (Lipinski definition) is 2.